The quantitative estimate of drug-likeness (QED) is 0.603. The highest BCUT2D eigenvalue weighted by molar-refractivity contribution is 5.96. The molecule has 9 heteroatoms. The minimum absolute atomic E-state index is 0.102. The Balaban J connectivity index is 1.71. The van der Waals surface area contributed by atoms with Gasteiger partial charge in [-0.2, -0.15) is 5.10 Å². The fourth-order valence-electron chi connectivity index (χ4n) is 1.62. The SMILES string of the molecule is Nc1nonc1C(=O)NN=Cc1cccc2c1OCO2. The Morgan fingerprint density at radius 3 is 3.10 bits per heavy atom. The number of rotatable bonds is 3. The molecule has 1 aliphatic rings. The van der Waals surface area contributed by atoms with Gasteiger partial charge < -0.3 is 15.2 Å². The number of hydrogen-bond acceptors (Lipinski definition) is 8. The smallest absolute Gasteiger partial charge is 0.297 e. The number of fused-ring (bicyclic) bond motifs is 1. The molecular formula is C11H9N5O4. The zero-order chi connectivity index (χ0) is 13.9. The number of carbonyl (C=O) groups excluding carboxylic acids is 1. The molecule has 0 aliphatic carbocycles. The topological polar surface area (TPSA) is 125 Å². The van der Waals surface area contributed by atoms with Crippen molar-refractivity contribution in [3.8, 4) is 11.5 Å². The van der Waals surface area contributed by atoms with Crippen molar-refractivity contribution < 1.29 is 18.9 Å². The number of benzene rings is 1. The van der Waals surface area contributed by atoms with Gasteiger partial charge in [0.1, 0.15) is 0 Å². The molecule has 0 saturated heterocycles. The number of nitrogen functional groups attached to an aromatic ring is 1. The first kappa shape index (κ1) is 12.0. The van der Waals surface area contributed by atoms with Gasteiger partial charge in [0.15, 0.2) is 11.5 Å². The van der Waals surface area contributed by atoms with Crippen LogP contribution in [0, 0.1) is 0 Å². The van der Waals surface area contributed by atoms with Crippen LogP contribution < -0.4 is 20.6 Å². The summed E-state index contributed by atoms with van der Waals surface area (Å²) >= 11 is 0. The number of carbonyl (C=O) groups is 1. The summed E-state index contributed by atoms with van der Waals surface area (Å²) in [5, 5.41) is 10.4. The molecule has 0 atom stereocenters. The largest absolute Gasteiger partial charge is 0.454 e. The van der Waals surface area contributed by atoms with E-state index in [-0.39, 0.29) is 18.3 Å². The van der Waals surface area contributed by atoms with Gasteiger partial charge in [0.2, 0.25) is 18.3 Å². The maximum Gasteiger partial charge on any atom is 0.297 e. The highest BCUT2D eigenvalue weighted by Crippen LogP contribution is 2.34. The fourth-order valence-corrected chi connectivity index (χ4v) is 1.62. The van der Waals surface area contributed by atoms with E-state index in [1.165, 1.54) is 6.21 Å². The van der Waals surface area contributed by atoms with Gasteiger partial charge in [-0.1, -0.05) is 6.07 Å². The first-order chi connectivity index (χ1) is 9.75. The molecule has 1 aromatic heterocycles. The molecule has 1 aromatic carbocycles. The van der Waals surface area contributed by atoms with Crippen molar-refractivity contribution in [1.29, 1.82) is 0 Å². The minimum atomic E-state index is -0.621. The third-order valence-electron chi connectivity index (χ3n) is 2.53. The van der Waals surface area contributed by atoms with E-state index >= 15 is 0 Å². The maximum absolute atomic E-state index is 11.6. The van der Waals surface area contributed by atoms with Crippen LogP contribution >= 0.6 is 0 Å². The summed E-state index contributed by atoms with van der Waals surface area (Å²) < 4.78 is 14.8. The average molecular weight is 275 g/mol. The second-order valence-corrected chi connectivity index (χ2v) is 3.78. The Hall–Kier alpha value is -3.10. The van der Waals surface area contributed by atoms with E-state index in [0.29, 0.717) is 17.1 Å². The highest BCUT2D eigenvalue weighted by atomic mass is 16.7. The van der Waals surface area contributed by atoms with Crippen molar-refractivity contribution in [1.82, 2.24) is 15.7 Å². The highest BCUT2D eigenvalue weighted by Gasteiger charge is 2.17. The molecule has 0 radical (unpaired) electrons. The number of hydrogen-bond donors (Lipinski definition) is 2. The molecule has 1 amide bonds. The van der Waals surface area contributed by atoms with Gasteiger partial charge in [-0.25, -0.2) is 10.1 Å². The lowest BCUT2D eigenvalue weighted by Gasteiger charge is -2.00. The number of nitrogens with one attached hydrogen (secondary N) is 1. The number of hydrazone groups is 1. The van der Waals surface area contributed by atoms with E-state index < -0.39 is 5.91 Å². The van der Waals surface area contributed by atoms with E-state index in [0.717, 1.165) is 0 Å². The van der Waals surface area contributed by atoms with Gasteiger partial charge in [0.05, 0.1) is 6.21 Å². The third kappa shape index (κ3) is 2.11. The fraction of sp³-hybridized carbons (Fsp3) is 0.0909. The Morgan fingerprint density at radius 2 is 2.30 bits per heavy atom. The molecule has 0 unspecified atom stereocenters. The molecule has 0 saturated carbocycles. The van der Waals surface area contributed by atoms with Crippen LogP contribution in [-0.4, -0.2) is 29.2 Å². The monoisotopic (exact) mass is 275 g/mol. The lowest BCUT2D eigenvalue weighted by molar-refractivity contribution is 0.0946. The van der Waals surface area contributed by atoms with Gasteiger partial charge in [-0.05, 0) is 22.4 Å². The number of nitrogens with zero attached hydrogens (tertiary/aromatic N) is 3. The number of anilines is 1. The van der Waals surface area contributed by atoms with Crippen LogP contribution in [-0.2, 0) is 0 Å². The Kier molecular flexibility index (Phi) is 2.92. The molecule has 3 rings (SSSR count). The van der Waals surface area contributed by atoms with Crippen molar-refractivity contribution in [3.63, 3.8) is 0 Å². The van der Waals surface area contributed by atoms with Crippen molar-refractivity contribution in [2.45, 2.75) is 0 Å². The zero-order valence-corrected chi connectivity index (χ0v) is 10.1. The summed E-state index contributed by atoms with van der Waals surface area (Å²) in [6, 6.07) is 5.34. The second kappa shape index (κ2) is 4.88. The molecule has 0 fully saturated rings. The molecule has 0 bridgehead atoms. The van der Waals surface area contributed by atoms with E-state index in [2.05, 4.69) is 25.5 Å². The van der Waals surface area contributed by atoms with Crippen molar-refractivity contribution in [2.75, 3.05) is 12.5 Å². The van der Waals surface area contributed by atoms with Crippen molar-refractivity contribution in [2.24, 2.45) is 5.10 Å². The predicted octanol–water partition coefficient (Wildman–Crippen LogP) is 0.144. The van der Waals surface area contributed by atoms with Gasteiger partial charge in [-0.15, -0.1) is 0 Å². The number of aromatic nitrogens is 2. The predicted molar refractivity (Wildman–Crippen MR) is 66.3 cm³/mol. The van der Waals surface area contributed by atoms with Crippen LogP contribution in [0.2, 0.25) is 0 Å². The standard InChI is InChI=1S/C11H9N5O4/c12-10-8(15-20-16-10)11(17)14-13-4-6-2-1-3-7-9(6)19-5-18-7/h1-4H,5H2,(H2,12,16)(H,14,17). The van der Waals surface area contributed by atoms with Gasteiger partial charge in [0.25, 0.3) is 5.91 Å². The summed E-state index contributed by atoms with van der Waals surface area (Å²) in [5.74, 6) is 0.484. The van der Waals surface area contributed by atoms with Crippen LogP contribution in [0.1, 0.15) is 16.1 Å². The maximum atomic E-state index is 11.6. The molecule has 20 heavy (non-hydrogen) atoms. The summed E-state index contributed by atoms with van der Waals surface area (Å²) in [5.41, 5.74) is 8.19. The number of nitrogens with two attached hydrogens (primary N) is 1. The molecule has 0 spiro atoms. The summed E-state index contributed by atoms with van der Waals surface area (Å²) in [4.78, 5) is 11.6. The van der Waals surface area contributed by atoms with Crippen molar-refractivity contribution in [3.05, 3.63) is 29.5 Å². The minimum Gasteiger partial charge on any atom is -0.454 e. The van der Waals surface area contributed by atoms with Crippen LogP contribution in [0.5, 0.6) is 11.5 Å². The molecule has 1 aliphatic heterocycles. The summed E-state index contributed by atoms with van der Waals surface area (Å²) in [6.07, 6.45) is 1.43. The first-order valence-corrected chi connectivity index (χ1v) is 5.56. The van der Waals surface area contributed by atoms with Crippen LogP contribution in [0.25, 0.3) is 0 Å². The van der Waals surface area contributed by atoms with Crippen molar-refractivity contribution >= 4 is 17.9 Å². The van der Waals surface area contributed by atoms with Gasteiger partial charge in [0, 0.05) is 5.56 Å². The lowest BCUT2D eigenvalue weighted by atomic mass is 10.2. The van der Waals surface area contributed by atoms with Crippen LogP contribution in [0.4, 0.5) is 5.82 Å². The molecule has 3 N–H and O–H groups in total. The number of ether oxygens (including phenoxy) is 2. The van der Waals surface area contributed by atoms with E-state index in [1.807, 2.05) is 0 Å². The number of amides is 1. The molecule has 9 nitrogen and oxygen atoms in total. The summed E-state index contributed by atoms with van der Waals surface area (Å²) in [6.45, 7) is 0.160. The normalized spacial score (nSPS) is 12.8. The first-order valence-electron chi connectivity index (χ1n) is 5.56. The zero-order valence-electron chi connectivity index (χ0n) is 10.1. The van der Waals surface area contributed by atoms with E-state index in [1.54, 1.807) is 18.2 Å². The third-order valence-corrected chi connectivity index (χ3v) is 2.53. The molecule has 2 aromatic rings. The second-order valence-electron chi connectivity index (χ2n) is 3.78. The lowest BCUT2D eigenvalue weighted by Crippen LogP contribution is -2.19. The number of para-hydroxylation sites is 1. The average Bonchev–Trinajstić information content (AvgIpc) is 3.07. The van der Waals surface area contributed by atoms with Gasteiger partial charge >= 0.3 is 0 Å². The van der Waals surface area contributed by atoms with E-state index in [4.69, 9.17) is 15.2 Å². The summed E-state index contributed by atoms with van der Waals surface area (Å²) in [7, 11) is 0. The van der Waals surface area contributed by atoms with Crippen LogP contribution in [0.3, 0.4) is 0 Å². The Morgan fingerprint density at radius 1 is 1.40 bits per heavy atom. The molecule has 2 heterocycles. The van der Waals surface area contributed by atoms with Gasteiger partial charge in [-0.3, -0.25) is 4.79 Å². The Bertz CT molecular complexity index is 681. The Labute approximate surface area is 112 Å². The van der Waals surface area contributed by atoms with E-state index in [9.17, 15) is 4.79 Å². The molecule has 102 valence electrons. The molecular weight excluding hydrogens is 266 g/mol. The van der Waals surface area contributed by atoms with Crippen LogP contribution in [0.15, 0.2) is 27.9 Å².